The van der Waals surface area contributed by atoms with E-state index in [2.05, 4.69) is 0 Å². The van der Waals surface area contributed by atoms with Crippen LogP contribution in [0.1, 0.15) is 16.7 Å². The molecule has 0 aliphatic heterocycles. The normalized spacial score (nSPS) is 13.0. The van der Waals surface area contributed by atoms with Crippen molar-refractivity contribution < 1.29 is 92.2 Å². The number of benzene rings is 3. The number of hydrogen-bond donors (Lipinski definition) is 0. The molecule has 0 bridgehead atoms. The maximum atomic E-state index is 14.8. The Hall–Kier alpha value is -3.75. The summed E-state index contributed by atoms with van der Waals surface area (Å²) in [6, 6.07) is 0. The SMILES string of the molecule is Fc1c(F)c(C(F)(F)F)c(F)c(F)c1[B-](c1c(F)c(F)c(C(F)(F)F)c(F)c1F)c1c(F)c(F)c(C(F)(F)F)c(F)c1F. The third-order valence-electron chi connectivity index (χ3n) is 5.61. The van der Waals surface area contributed by atoms with Crippen molar-refractivity contribution in [2.24, 2.45) is 0 Å². The lowest BCUT2D eigenvalue weighted by Gasteiger charge is -2.34. The van der Waals surface area contributed by atoms with Crippen molar-refractivity contribution >= 4 is 23.1 Å². The zero-order chi connectivity index (χ0) is 33.5. The van der Waals surface area contributed by atoms with E-state index in [1.54, 1.807) is 0 Å². The van der Waals surface area contributed by atoms with Crippen LogP contribution in [0.3, 0.4) is 0 Å². The summed E-state index contributed by atoms with van der Waals surface area (Å²) in [5, 5.41) is 0. The van der Waals surface area contributed by atoms with Gasteiger partial charge in [0.05, 0.1) is 0 Å². The van der Waals surface area contributed by atoms with E-state index in [1.807, 2.05) is 0 Å². The van der Waals surface area contributed by atoms with Crippen molar-refractivity contribution in [3.05, 3.63) is 86.5 Å². The zero-order valence-electron chi connectivity index (χ0n) is 19.0. The van der Waals surface area contributed by atoms with E-state index in [0.717, 1.165) is 0 Å². The van der Waals surface area contributed by atoms with Crippen LogP contribution in [0.25, 0.3) is 0 Å². The van der Waals surface area contributed by atoms with Crippen molar-refractivity contribution in [3.8, 4) is 0 Å². The Morgan fingerprint density at radius 1 is 0.256 bits per heavy atom. The molecule has 0 heterocycles. The van der Waals surface area contributed by atoms with E-state index in [1.165, 1.54) is 0 Å². The van der Waals surface area contributed by atoms with Crippen LogP contribution in [0.5, 0.6) is 0 Å². The molecule has 3 aromatic rings. The van der Waals surface area contributed by atoms with E-state index < -0.39 is 128 Å². The van der Waals surface area contributed by atoms with Crippen molar-refractivity contribution in [3.63, 3.8) is 0 Å². The summed E-state index contributed by atoms with van der Waals surface area (Å²) in [7, 11) is 0. The van der Waals surface area contributed by atoms with Crippen molar-refractivity contribution in [2.45, 2.75) is 18.5 Å². The minimum Gasteiger partial charge on any atom is -0.207 e. The van der Waals surface area contributed by atoms with Crippen LogP contribution in [0.4, 0.5) is 92.2 Å². The summed E-state index contributed by atoms with van der Waals surface area (Å²) in [5.41, 5.74) is -20.4. The topological polar surface area (TPSA) is 0 Å². The smallest absolute Gasteiger partial charge is 0.207 e. The molecule has 1 radical (unpaired) electrons. The van der Waals surface area contributed by atoms with Gasteiger partial charge in [0.15, 0.2) is 34.9 Å². The van der Waals surface area contributed by atoms with Gasteiger partial charge in [0.1, 0.15) is 51.6 Å². The maximum absolute atomic E-state index is 14.8. The summed E-state index contributed by atoms with van der Waals surface area (Å²) in [5.74, 6) is -43.9. The molecule has 0 saturated carbocycles. The van der Waals surface area contributed by atoms with Crippen LogP contribution in [-0.4, -0.2) is 6.71 Å². The third-order valence-corrected chi connectivity index (χ3v) is 5.61. The lowest BCUT2D eigenvalue weighted by molar-refractivity contribution is -0.144. The Labute approximate surface area is 221 Å². The molecule has 0 spiro atoms. The Morgan fingerprint density at radius 3 is 0.512 bits per heavy atom. The second-order valence-corrected chi connectivity index (χ2v) is 8.06. The average molecular weight is 662 g/mol. The zero-order valence-corrected chi connectivity index (χ0v) is 19.0. The van der Waals surface area contributed by atoms with Crippen LogP contribution in [0.15, 0.2) is 0 Å². The fourth-order valence-electron chi connectivity index (χ4n) is 3.89. The largest absolute Gasteiger partial charge is 0.422 e. The quantitative estimate of drug-likeness (QED) is 0.162. The first-order chi connectivity index (χ1) is 19.3. The summed E-state index contributed by atoms with van der Waals surface area (Å²) in [6.07, 6.45) is -19.3. The highest BCUT2D eigenvalue weighted by Gasteiger charge is 2.46. The molecule has 0 aromatic heterocycles. The highest BCUT2D eigenvalue weighted by Crippen LogP contribution is 2.38. The molecule has 0 nitrogen and oxygen atoms in total. The minimum absolute atomic E-state index is 3.25. The number of halogens is 21. The Morgan fingerprint density at radius 2 is 0.395 bits per heavy atom. The molecular weight excluding hydrogens is 662 g/mol. The van der Waals surface area contributed by atoms with Gasteiger partial charge in [-0.2, -0.15) is 55.9 Å². The van der Waals surface area contributed by atoms with Gasteiger partial charge in [0.2, 0.25) is 0 Å². The number of alkyl halides is 9. The van der Waals surface area contributed by atoms with Gasteiger partial charge in [-0.15, -0.1) is 0 Å². The van der Waals surface area contributed by atoms with Crippen molar-refractivity contribution in [2.75, 3.05) is 0 Å². The van der Waals surface area contributed by atoms with E-state index >= 15 is 0 Å². The van der Waals surface area contributed by atoms with Crippen LogP contribution < -0.4 is 16.4 Å². The summed E-state index contributed by atoms with van der Waals surface area (Å²) >= 11 is 0. The summed E-state index contributed by atoms with van der Waals surface area (Å²) in [4.78, 5) is 0. The lowest BCUT2D eigenvalue weighted by atomic mass is 9.35. The lowest BCUT2D eigenvalue weighted by Crippen LogP contribution is -2.60. The highest BCUT2D eigenvalue weighted by molar-refractivity contribution is 6.95. The van der Waals surface area contributed by atoms with Crippen LogP contribution in [-0.2, 0) is 18.5 Å². The Balaban J connectivity index is 2.74. The van der Waals surface area contributed by atoms with Crippen LogP contribution in [0, 0.1) is 69.8 Å². The van der Waals surface area contributed by atoms with Crippen LogP contribution >= 0.6 is 0 Å². The van der Waals surface area contributed by atoms with Gasteiger partial charge < -0.3 is 0 Å². The van der Waals surface area contributed by atoms with E-state index in [0.29, 0.717) is 0 Å². The molecule has 3 aromatic carbocycles. The van der Waals surface area contributed by atoms with Gasteiger partial charge in [-0.1, -0.05) is 0 Å². The molecule has 0 amide bonds. The molecule has 0 N–H and O–H groups in total. The molecule has 0 unspecified atom stereocenters. The third kappa shape index (κ3) is 5.21. The molecule has 22 heteroatoms. The minimum atomic E-state index is -6.42. The Kier molecular flexibility index (Phi) is 8.21. The average Bonchev–Trinajstić information content (AvgIpc) is 2.83. The molecule has 0 saturated heterocycles. The first-order valence-electron chi connectivity index (χ1n) is 10.1. The van der Waals surface area contributed by atoms with Gasteiger partial charge in [-0.3, -0.25) is 0 Å². The predicted octanol–water partition coefficient (Wildman–Crippen LogP) is 6.93. The van der Waals surface area contributed by atoms with Crippen molar-refractivity contribution in [1.82, 2.24) is 0 Å². The van der Waals surface area contributed by atoms with Gasteiger partial charge in [-0.05, 0) is 6.71 Å². The maximum Gasteiger partial charge on any atom is 0.422 e. The second kappa shape index (κ2) is 10.5. The molecule has 0 aliphatic rings. The standard InChI is InChI=1S/C21BF21/c23-7-1(19(35,36)37)8(24)14(30)4(13(7)29)22(5-15(31)9(25)2(20(38,39)40)10(26)16(5)32)6-17(33)11(27)3(21(41,42)43)12(28)18(6)34/q-1. The monoisotopic (exact) mass is 662 g/mol. The Bertz CT molecular complexity index is 1360. The van der Waals surface area contributed by atoms with Gasteiger partial charge in [0.25, 0.3) is 0 Å². The predicted molar refractivity (Wildman–Crippen MR) is 98.5 cm³/mol. The van der Waals surface area contributed by atoms with Crippen LogP contribution in [0.2, 0.25) is 0 Å². The first kappa shape index (κ1) is 33.8. The fraction of sp³-hybridized carbons (Fsp3) is 0.143. The van der Waals surface area contributed by atoms with Gasteiger partial charge in [-0.25, -0.2) is 52.7 Å². The molecule has 43 heavy (non-hydrogen) atoms. The molecule has 3 rings (SSSR count). The summed E-state index contributed by atoms with van der Waals surface area (Å²) < 4.78 is 291. The molecule has 0 aliphatic carbocycles. The fourth-order valence-corrected chi connectivity index (χ4v) is 3.89. The van der Waals surface area contributed by atoms with Gasteiger partial charge >= 0.3 is 18.5 Å². The van der Waals surface area contributed by atoms with E-state index in [9.17, 15) is 92.2 Å². The molecular formula is C21BF21-. The second-order valence-electron chi connectivity index (χ2n) is 8.06. The van der Waals surface area contributed by atoms with Gasteiger partial charge in [0, 0.05) is 0 Å². The molecule has 235 valence electrons. The molecule has 0 fully saturated rings. The van der Waals surface area contributed by atoms with Crippen molar-refractivity contribution in [1.29, 1.82) is 0 Å². The highest BCUT2D eigenvalue weighted by atomic mass is 19.4. The molecule has 0 atom stereocenters. The first-order valence-corrected chi connectivity index (χ1v) is 10.1. The number of rotatable bonds is 3. The summed E-state index contributed by atoms with van der Waals surface area (Å²) in [6.45, 7) is -4.62. The number of hydrogen-bond acceptors (Lipinski definition) is 0. The van der Waals surface area contributed by atoms with E-state index in [4.69, 9.17) is 0 Å². The van der Waals surface area contributed by atoms with E-state index in [-0.39, 0.29) is 0 Å².